The van der Waals surface area contributed by atoms with E-state index in [0.717, 1.165) is 25.1 Å². The Morgan fingerprint density at radius 3 is 2.81 bits per heavy atom. The van der Waals surface area contributed by atoms with Gasteiger partial charge in [0.05, 0.1) is 0 Å². The van der Waals surface area contributed by atoms with Crippen LogP contribution in [0.25, 0.3) is 0 Å². The molecule has 4 heteroatoms. The van der Waals surface area contributed by atoms with Crippen LogP contribution in [0.4, 0.5) is 0 Å². The maximum atomic E-state index is 3.99. The van der Waals surface area contributed by atoms with Gasteiger partial charge >= 0.3 is 0 Å². The van der Waals surface area contributed by atoms with Crippen LogP contribution in [0.5, 0.6) is 0 Å². The van der Waals surface area contributed by atoms with Gasteiger partial charge in [0.25, 0.3) is 0 Å². The molecule has 84 valence electrons. The summed E-state index contributed by atoms with van der Waals surface area (Å²) in [4.78, 5) is 9.40. The fraction of sp³-hybridized carbons (Fsp3) is 0.333. The molecular formula is C12H15N3S. The molecule has 0 unspecified atom stereocenters. The Morgan fingerprint density at radius 2 is 2.06 bits per heavy atom. The van der Waals surface area contributed by atoms with E-state index in [-0.39, 0.29) is 0 Å². The van der Waals surface area contributed by atoms with Crippen molar-refractivity contribution in [2.45, 2.75) is 26.4 Å². The Bertz CT molecular complexity index is 425. The molecule has 0 aromatic carbocycles. The van der Waals surface area contributed by atoms with Gasteiger partial charge in [-0.05, 0) is 23.4 Å². The minimum Gasteiger partial charge on any atom is -0.308 e. The van der Waals surface area contributed by atoms with Crippen LogP contribution in [-0.2, 0) is 19.5 Å². The molecule has 2 aromatic rings. The van der Waals surface area contributed by atoms with Crippen LogP contribution in [-0.4, -0.2) is 9.97 Å². The molecule has 2 heterocycles. The number of hydrogen-bond donors (Lipinski definition) is 1. The van der Waals surface area contributed by atoms with E-state index >= 15 is 0 Å². The van der Waals surface area contributed by atoms with Gasteiger partial charge in [-0.3, -0.25) is 0 Å². The van der Waals surface area contributed by atoms with Crippen molar-refractivity contribution >= 4 is 11.3 Å². The molecule has 0 spiro atoms. The Balaban J connectivity index is 1.85. The van der Waals surface area contributed by atoms with Gasteiger partial charge < -0.3 is 5.32 Å². The summed E-state index contributed by atoms with van der Waals surface area (Å²) in [5.74, 6) is 0. The third-order valence-electron chi connectivity index (χ3n) is 2.45. The third-order valence-corrected chi connectivity index (χ3v) is 3.41. The fourth-order valence-corrected chi connectivity index (χ4v) is 2.52. The van der Waals surface area contributed by atoms with Crippen LogP contribution >= 0.6 is 11.3 Å². The summed E-state index contributed by atoms with van der Waals surface area (Å²) in [6.07, 6.45) is 6.34. The summed E-state index contributed by atoms with van der Waals surface area (Å²) in [6.45, 7) is 3.94. The first-order valence-corrected chi connectivity index (χ1v) is 6.28. The number of rotatable bonds is 5. The van der Waals surface area contributed by atoms with Crippen molar-refractivity contribution in [1.82, 2.24) is 15.3 Å². The minimum absolute atomic E-state index is 0.821. The quantitative estimate of drug-likeness (QED) is 0.861. The number of aryl methyl sites for hydroxylation is 1. The number of nitrogens with one attached hydrogen (secondary N) is 1. The lowest BCUT2D eigenvalue weighted by molar-refractivity contribution is 0.692. The molecular weight excluding hydrogens is 218 g/mol. The monoisotopic (exact) mass is 233 g/mol. The van der Waals surface area contributed by atoms with Gasteiger partial charge in [0.15, 0.2) is 0 Å². The minimum atomic E-state index is 0.821. The average Bonchev–Trinajstić information content (AvgIpc) is 2.78. The first kappa shape index (κ1) is 11.2. The van der Waals surface area contributed by atoms with E-state index in [2.05, 4.69) is 33.7 Å². The number of hydrogen-bond acceptors (Lipinski definition) is 4. The Labute approximate surface area is 99.6 Å². The Kier molecular flexibility index (Phi) is 4.02. The van der Waals surface area contributed by atoms with E-state index in [1.54, 1.807) is 6.33 Å². The van der Waals surface area contributed by atoms with E-state index in [1.807, 2.05) is 23.7 Å². The maximum Gasteiger partial charge on any atom is 0.115 e. The second-order valence-electron chi connectivity index (χ2n) is 3.57. The highest BCUT2D eigenvalue weighted by molar-refractivity contribution is 7.10. The number of aromatic nitrogens is 2. The summed E-state index contributed by atoms with van der Waals surface area (Å²) in [6, 6.07) is 2.20. The fourth-order valence-electron chi connectivity index (χ4n) is 1.58. The largest absolute Gasteiger partial charge is 0.308 e. The van der Waals surface area contributed by atoms with E-state index < -0.39 is 0 Å². The van der Waals surface area contributed by atoms with Crippen molar-refractivity contribution in [2.75, 3.05) is 0 Å². The molecule has 3 nitrogen and oxygen atoms in total. The number of nitrogens with zero attached hydrogens (tertiary/aromatic N) is 2. The van der Waals surface area contributed by atoms with Gasteiger partial charge in [-0.15, -0.1) is 11.3 Å². The lowest BCUT2D eigenvalue weighted by Gasteiger charge is -2.04. The summed E-state index contributed by atoms with van der Waals surface area (Å²) in [5, 5.41) is 5.56. The topological polar surface area (TPSA) is 37.8 Å². The van der Waals surface area contributed by atoms with Crippen LogP contribution in [0.2, 0.25) is 0 Å². The lowest BCUT2D eigenvalue weighted by atomic mass is 10.2. The normalized spacial score (nSPS) is 10.6. The zero-order valence-electron chi connectivity index (χ0n) is 9.31. The van der Waals surface area contributed by atoms with E-state index in [4.69, 9.17) is 0 Å². The van der Waals surface area contributed by atoms with Crippen LogP contribution < -0.4 is 5.32 Å². The molecule has 0 fully saturated rings. The molecule has 0 saturated carbocycles. The third kappa shape index (κ3) is 2.87. The zero-order valence-corrected chi connectivity index (χ0v) is 10.1. The Hall–Kier alpha value is -1.26. The van der Waals surface area contributed by atoms with Crippen molar-refractivity contribution in [1.29, 1.82) is 0 Å². The molecule has 1 N–H and O–H groups in total. The van der Waals surface area contributed by atoms with Crippen molar-refractivity contribution in [2.24, 2.45) is 0 Å². The highest BCUT2D eigenvalue weighted by Gasteiger charge is 2.01. The molecule has 2 rings (SSSR count). The summed E-state index contributed by atoms with van der Waals surface area (Å²) >= 11 is 1.82. The average molecular weight is 233 g/mol. The van der Waals surface area contributed by atoms with Crippen LogP contribution in [0.1, 0.15) is 22.9 Å². The van der Waals surface area contributed by atoms with Crippen molar-refractivity contribution in [3.63, 3.8) is 0 Å². The molecule has 2 aromatic heterocycles. The van der Waals surface area contributed by atoms with Gasteiger partial charge in [-0.2, -0.15) is 0 Å². The molecule has 0 radical (unpaired) electrons. The summed E-state index contributed by atoms with van der Waals surface area (Å²) < 4.78 is 0. The molecule has 16 heavy (non-hydrogen) atoms. The first-order valence-electron chi connectivity index (χ1n) is 5.40. The second-order valence-corrected chi connectivity index (χ2v) is 4.57. The van der Waals surface area contributed by atoms with Gasteiger partial charge in [0.1, 0.15) is 6.33 Å². The molecule has 0 amide bonds. The SMILES string of the molecule is CCc1ccsc1CNCc1cncnc1. The standard InChI is InChI=1S/C12H15N3S/c1-2-11-3-4-16-12(11)8-13-5-10-6-14-9-15-7-10/h3-4,6-7,9,13H,2,5,8H2,1H3. The van der Waals surface area contributed by atoms with E-state index in [9.17, 15) is 0 Å². The van der Waals surface area contributed by atoms with Crippen molar-refractivity contribution in [3.05, 3.63) is 46.2 Å². The molecule has 0 aliphatic heterocycles. The van der Waals surface area contributed by atoms with Crippen LogP contribution in [0, 0.1) is 0 Å². The zero-order chi connectivity index (χ0) is 11.2. The highest BCUT2D eigenvalue weighted by Crippen LogP contribution is 2.16. The molecule has 0 saturated heterocycles. The molecule has 0 aliphatic rings. The smallest absolute Gasteiger partial charge is 0.115 e. The predicted octanol–water partition coefficient (Wildman–Crippen LogP) is 2.39. The molecule has 0 aliphatic carbocycles. The summed E-state index contributed by atoms with van der Waals surface area (Å²) in [5.41, 5.74) is 2.57. The van der Waals surface area contributed by atoms with Crippen molar-refractivity contribution in [3.8, 4) is 0 Å². The number of thiophene rings is 1. The van der Waals surface area contributed by atoms with Gasteiger partial charge in [-0.25, -0.2) is 9.97 Å². The summed E-state index contributed by atoms with van der Waals surface area (Å²) in [7, 11) is 0. The first-order chi connectivity index (χ1) is 7.90. The van der Waals surface area contributed by atoms with Crippen molar-refractivity contribution < 1.29 is 0 Å². The molecule has 0 bridgehead atoms. The predicted molar refractivity (Wildman–Crippen MR) is 66.3 cm³/mol. The van der Waals surface area contributed by atoms with E-state index in [0.29, 0.717) is 0 Å². The second kappa shape index (κ2) is 5.72. The van der Waals surface area contributed by atoms with Gasteiger partial charge in [-0.1, -0.05) is 6.92 Å². The highest BCUT2D eigenvalue weighted by atomic mass is 32.1. The van der Waals surface area contributed by atoms with Gasteiger partial charge in [0.2, 0.25) is 0 Å². The van der Waals surface area contributed by atoms with Crippen LogP contribution in [0.3, 0.4) is 0 Å². The van der Waals surface area contributed by atoms with E-state index in [1.165, 1.54) is 10.4 Å². The maximum absolute atomic E-state index is 3.99. The van der Waals surface area contributed by atoms with Crippen LogP contribution in [0.15, 0.2) is 30.2 Å². The Morgan fingerprint density at radius 1 is 1.25 bits per heavy atom. The lowest BCUT2D eigenvalue weighted by Crippen LogP contribution is -2.13. The van der Waals surface area contributed by atoms with Gasteiger partial charge in [0, 0.05) is 35.9 Å². The molecule has 0 atom stereocenters.